The molecule has 1 aromatic rings. The van der Waals surface area contributed by atoms with Crippen molar-refractivity contribution in [1.82, 2.24) is 4.90 Å². The third-order valence-corrected chi connectivity index (χ3v) is 5.33. The highest BCUT2D eigenvalue weighted by Crippen LogP contribution is 2.52. The second-order valence-corrected chi connectivity index (χ2v) is 6.76. The number of hydrogen-bond donors (Lipinski definition) is 1. The van der Waals surface area contributed by atoms with Crippen LogP contribution in [0, 0.1) is 35.3 Å². The van der Waals surface area contributed by atoms with E-state index in [1.807, 2.05) is 12.2 Å². The van der Waals surface area contributed by atoms with Crippen LogP contribution in [0.15, 0.2) is 30.4 Å². The second kappa shape index (κ2) is 5.75. The molecule has 25 heavy (non-hydrogen) atoms. The van der Waals surface area contributed by atoms with Crippen molar-refractivity contribution < 1.29 is 23.2 Å². The molecule has 2 bridgehead atoms. The molecule has 1 saturated carbocycles. The van der Waals surface area contributed by atoms with Crippen LogP contribution in [0.25, 0.3) is 0 Å². The number of amides is 3. The van der Waals surface area contributed by atoms with E-state index in [0.29, 0.717) is 0 Å². The highest BCUT2D eigenvalue weighted by Gasteiger charge is 2.58. The predicted molar refractivity (Wildman–Crippen MR) is 84.0 cm³/mol. The first-order valence-corrected chi connectivity index (χ1v) is 8.24. The Kier molecular flexibility index (Phi) is 3.67. The molecule has 1 aliphatic heterocycles. The third-order valence-electron chi connectivity index (χ3n) is 5.33. The molecule has 1 aromatic carbocycles. The smallest absolute Gasteiger partial charge is 0.233 e. The lowest BCUT2D eigenvalue weighted by atomic mass is 9.85. The number of hydrogen-bond acceptors (Lipinski definition) is 3. The van der Waals surface area contributed by atoms with E-state index in [2.05, 4.69) is 5.32 Å². The van der Waals surface area contributed by atoms with Gasteiger partial charge in [0.2, 0.25) is 17.7 Å². The maximum Gasteiger partial charge on any atom is 0.233 e. The van der Waals surface area contributed by atoms with Gasteiger partial charge in [0.25, 0.3) is 0 Å². The van der Waals surface area contributed by atoms with Crippen LogP contribution < -0.4 is 5.32 Å². The summed E-state index contributed by atoms with van der Waals surface area (Å²) in [5.41, 5.74) is 0.127. The molecule has 1 N–H and O–H groups in total. The summed E-state index contributed by atoms with van der Waals surface area (Å²) >= 11 is 0. The van der Waals surface area contributed by atoms with Crippen molar-refractivity contribution in [2.75, 3.05) is 11.9 Å². The minimum atomic E-state index is -1.06. The van der Waals surface area contributed by atoms with Gasteiger partial charge in [-0.25, -0.2) is 8.78 Å². The van der Waals surface area contributed by atoms with E-state index < -0.39 is 17.5 Å². The zero-order chi connectivity index (χ0) is 17.7. The first-order valence-electron chi connectivity index (χ1n) is 8.24. The largest absolute Gasteiger partial charge is 0.326 e. The van der Waals surface area contributed by atoms with Gasteiger partial charge in [-0.15, -0.1) is 0 Å². The minimum Gasteiger partial charge on any atom is -0.326 e. The van der Waals surface area contributed by atoms with Crippen molar-refractivity contribution in [1.29, 1.82) is 0 Å². The Morgan fingerprint density at radius 3 is 2.32 bits per heavy atom. The lowest BCUT2D eigenvalue weighted by Gasteiger charge is -2.16. The van der Waals surface area contributed by atoms with Gasteiger partial charge in [-0.05, 0) is 30.4 Å². The van der Waals surface area contributed by atoms with E-state index in [1.54, 1.807) is 0 Å². The molecule has 0 spiro atoms. The zero-order valence-electron chi connectivity index (χ0n) is 13.2. The van der Waals surface area contributed by atoms with Gasteiger partial charge in [0.05, 0.1) is 11.8 Å². The monoisotopic (exact) mass is 346 g/mol. The van der Waals surface area contributed by atoms with Crippen LogP contribution in [-0.2, 0) is 14.4 Å². The molecule has 3 amide bonds. The maximum absolute atomic E-state index is 13.1. The molecule has 5 nitrogen and oxygen atoms in total. The van der Waals surface area contributed by atoms with Crippen LogP contribution >= 0.6 is 0 Å². The number of imide groups is 1. The van der Waals surface area contributed by atoms with Gasteiger partial charge >= 0.3 is 0 Å². The van der Waals surface area contributed by atoms with Crippen molar-refractivity contribution in [3.63, 3.8) is 0 Å². The fourth-order valence-electron chi connectivity index (χ4n) is 4.20. The normalized spacial score (nSPS) is 29.4. The summed E-state index contributed by atoms with van der Waals surface area (Å²) in [5.74, 6) is -3.22. The quantitative estimate of drug-likeness (QED) is 0.671. The molecular weight excluding hydrogens is 330 g/mol. The number of benzene rings is 1. The number of fused-ring (bicyclic) bond motifs is 5. The third kappa shape index (κ3) is 2.54. The molecule has 4 rings (SSSR count). The number of nitrogens with zero attached hydrogens (tertiary/aromatic N) is 1. The first kappa shape index (κ1) is 15.9. The van der Waals surface area contributed by atoms with Crippen molar-refractivity contribution in [3.8, 4) is 0 Å². The molecule has 130 valence electrons. The number of anilines is 1. The number of likely N-dealkylation sites (tertiary alicyclic amines) is 1. The standard InChI is InChI=1S/C18H16F2N2O3/c19-12-4-3-11(8-13(12)20)21-14(23)5-6-22-17(24)15-9-1-2-10(7-9)16(15)18(22)25/h1-4,8-10,15-16H,5-7H2,(H,21,23)/t9-,10-,15-,16-/m0/s1. The summed E-state index contributed by atoms with van der Waals surface area (Å²) in [7, 11) is 0. The molecule has 4 atom stereocenters. The average Bonchev–Trinajstić information content (AvgIpc) is 3.24. The number of allylic oxidation sites excluding steroid dienone is 2. The summed E-state index contributed by atoms with van der Waals surface area (Å²) in [5, 5.41) is 2.44. The molecule has 7 heteroatoms. The number of carbonyl (C=O) groups excluding carboxylic acids is 3. The Labute approximate surface area is 142 Å². The average molecular weight is 346 g/mol. The first-order chi connectivity index (χ1) is 12.0. The second-order valence-electron chi connectivity index (χ2n) is 6.76. The van der Waals surface area contributed by atoms with Gasteiger partial charge in [-0.2, -0.15) is 0 Å². The van der Waals surface area contributed by atoms with Crippen molar-refractivity contribution in [2.24, 2.45) is 23.7 Å². The summed E-state index contributed by atoms with van der Waals surface area (Å²) in [6.45, 7) is -0.000380. The fourth-order valence-corrected chi connectivity index (χ4v) is 4.20. The topological polar surface area (TPSA) is 66.5 Å². The Morgan fingerprint density at radius 1 is 1.08 bits per heavy atom. The van der Waals surface area contributed by atoms with Gasteiger partial charge < -0.3 is 5.32 Å². The van der Waals surface area contributed by atoms with Crippen molar-refractivity contribution in [2.45, 2.75) is 12.8 Å². The van der Waals surface area contributed by atoms with Crippen LogP contribution in [0.3, 0.4) is 0 Å². The molecule has 0 unspecified atom stereocenters. The summed E-state index contributed by atoms with van der Waals surface area (Å²) in [6, 6.07) is 3.05. The maximum atomic E-state index is 13.1. The van der Waals surface area contributed by atoms with Crippen LogP contribution in [0.5, 0.6) is 0 Å². The minimum absolute atomic E-state index is 0.000380. The number of nitrogens with one attached hydrogen (secondary N) is 1. The molecule has 3 aliphatic rings. The Morgan fingerprint density at radius 2 is 1.72 bits per heavy atom. The predicted octanol–water partition coefficient (Wildman–Crippen LogP) is 2.10. The highest BCUT2D eigenvalue weighted by molar-refractivity contribution is 6.06. The molecule has 0 radical (unpaired) electrons. The number of halogens is 2. The number of carbonyl (C=O) groups is 3. The Balaban J connectivity index is 1.37. The van der Waals surface area contributed by atoms with Gasteiger partial charge in [-0.1, -0.05) is 12.2 Å². The van der Waals surface area contributed by atoms with E-state index in [0.717, 1.165) is 18.6 Å². The summed E-state index contributed by atoms with van der Waals surface area (Å²) < 4.78 is 26.0. The van der Waals surface area contributed by atoms with E-state index >= 15 is 0 Å². The van der Waals surface area contributed by atoms with Crippen LogP contribution in [0.2, 0.25) is 0 Å². The Bertz CT molecular complexity index is 778. The van der Waals surface area contributed by atoms with Gasteiger partial charge in [0.1, 0.15) is 0 Å². The molecule has 1 heterocycles. The summed E-state index contributed by atoms with van der Waals surface area (Å²) in [4.78, 5) is 38.1. The SMILES string of the molecule is O=C(CCN1C(=O)[C@@H]2[C@@H](C1=O)[C@H]1C=C[C@H]2C1)Nc1ccc(F)c(F)c1. The highest BCUT2D eigenvalue weighted by atomic mass is 19.2. The van der Waals surface area contributed by atoms with Gasteiger partial charge in [0, 0.05) is 24.7 Å². The fraction of sp³-hybridized carbons (Fsp3) is 0.389. The molecule has 2 fully saturated rings. The van der Waals surface area contributed by atoms with E-state index in [1.165, 1.54) is 11.0 Å². The Hall–Kier alpha value is -2.57. The van der Waals surface area contributed by atoms with E-state index in [-0.39, 0.29) is 54.1 Å². The van der Waals surface area contributed by atoms with Crippen molar-refractivity contribution >= 4 is 23.4 Å². The lowest BCUT2D eigenvalue weighted by molar-refractivity contribution is -0.140. The van der Waals surface area contributed by atoms with Crippen LogP contribution in [0.4, 0.5) is 14.5 Å². The van der Waals surface area contributed by atoms with Gasteiger partial charge in [-0.3, -0.25) is 19.3 Å². The van der Waals surface area contributed by atoms with Crippen LogP contribution in [0.1, 0.15) is 12.8 Å². The molecule has 2 aliphatic carbocycles. The molecule has 0 aromatic heterocycles. The van der Waals surface area contributed by atoms with E-state index in [9.17, 15) is 23.2 Å². The van der Waals surface area contributed by atoms with Gasteiger partial charge in [0.15, 0.2) is 11.6 Å². The van der Waals surface area contributed by atoms with Crippen LogP contribution in [-0.4, -0.2) is 29.2 Å². The molecule has 1 saturated heterocycles. The summed E-state index contributed by atoms with van der Waals surface area (Å²) in [6.07, 6.45) is 4.79. The lowest BCUT2D eigenvalue weighted by Crippen LogP contribution is -2.35. The van der Waals surface area contributed by atoms with Crippen molar-refractivity contribution in [3.05, 3.63) is 42.0 Å². The molecular formula is C18H16F2N2O3. The van der Waals surface area contributed by atoms with E-state index in [4.69, 9.17) is 0 Å². The zero-order valence-corrected chi connectivity index (χ0v) is 13.2. The number of rotatable bonds is 4.